The Kier molecular flexibility index (Phi) is 7.06. The van der Waals surface area contributed by atoms with E-state index in [1.165, 1.54) is 4.31 Å². The number of carbonyl (C=O) groups excluding carboxylic acids is 1. The summed E-state index contributed by atoms with van der Waals surface area (Å²) in [5, 5.41) is 0. The van der Waals surface area contributed by atoms with Gasteiger partial charge in [-0.2, -0.15) is 0 Å². The molecule has 0 bridgehead atoms. The molecule has 0 unspecified atom stereocenters. The third-order valence-corrected chi connectivity index (χ3v) is 4.91. The summed E-state index contributed by atoms with van der Waals surface area (Å²) < 4.78 is 25.7. The molecule has 0 N–H and O–H groups in total. The topological polar surface area (TPSA) is 57.7 Å². The van der Waals surface area contributed by atoms with Crippen molar-refractivity contribution < 1.29 is 13.2 Å². The summed E-state index contributed by atoms with van der Waals surface area (Å²) in [7, 11) is -1.82. The second-order valence-corrected chi connectivity index (χ2v) is 8.06. The van der Waals surface area contributed by atoms with Gasteiger partial charge in [-0.05, 0) is 24.0 Å². The molecule has 1 aromatic carbocycles. The van der Waals surface area contributed by atoms with Gasteiger partial charge in [-0.3, -0.25) is 9.10 Å². The van der Waals surface area contributed by atoms with E-state index in [0.717, 1.165) is 24.7 Å². The Morgan fingerprint density at radius 3 is 2.35 bits per heavy atom. The quantitative estimate of drug-likeness (QED) is 0.731. The molecule has 23 heavy (non-hydrogen) atoms. The molecule has 0 heterocycles. The zero-order valence-corrected chi connectivity index (χ0v) is 15.6. The van der Waals surface area contributed by atoms with Crippen molar-refractivity contribution in [3.05, 3.63) is 29.8 Å². The molecule has 0 atom stereocenters. The number of benzene rings is 1. The van der Waals surface area contributed by atoms with Crippen LogP contribution in [0.2, 0.25) is 0 Å². The summed E-state index contributed by atoms with van der Waals surface area (Å²) in [4.78, 5) is 14.0. The van der Waals surface area contributed by atoms with Gasteiger partial charge in [0.1, 0.15) is 6.54 Å². The highest BCUT2D eigenvalue weighted by Crippen LogP contribution is 2.28. The van der Waals surface area contributed by atoms with Crippen LogP contribution in [0.1, 0.15) is 45.1 Å². The van der Waals surface area contributed by atoms with Crippen LogP contribution in [0.3, 0.4) is 0 Å². The van der Waals surface area contributed by atoms with Crippen LogP contribution in [0.5, 0.6) is 0 Å². The van der Waals surface area contributed by atoms with Crippen molar-refractivity contribution in [2.24, 2.45) is 0 Å². The van der Waals surface area contributed by atoms with Crippen LogP contribution in [0.4, 0.5) is 5.69 Å². The molecule has 1 aromatic rings. The number of anilines is 1. The molecule has 0 radical (unpaired) electrons. The van der Waals surface area contributed by atoms with Crippen LogP contribution in [0, 0.1) is 0 Å². The Morgan fingerprint density at radius 2 is 1.83 bits per heavy atom. The van der Waals surface area contributed by atoms with Gasteiger partial charge in [0.2, 0.25) is 15.9 Å². The molecule has 1 amide bonds. The lowest BCUT2D eigenvalue weighted by Crippen LogP contribution is -2.41. The fraction of sp³-hybridized carbons (Fsp3) is 0.588. The van der Waals surface area contributed by atoms with Gasteiger partial charge in [0, 0.05) is 13.6 Å². The van der Waals surface area contributed by atoms with Gasteiger partial charge in [-0.25, -0.2) is 8.42 Å². The number of hydrogen-bond acceptors (Lipinski definition) is 3. The number of likely N-dealkylation sites (N-methyl/N-ethyl adjacent to an activating group) is 1. The van der Waals surface area contributed by atoms with Crippen molar-refractivity contribution in [3.8, 4) is 0 Å². The van der Waals surface area contributed by atoms with Gasteiger partial charge in [0.15, 0.2) is 0 Å². The van der Waals surface area contributed by atoms with Crippen molar-refractivity contribution in [1.82, 2.24) is 4.90 Å². The van der Waals surface area contributed by atoms with E-state index < -0.39 is 10.0 Å². The fourth-order valence-corrected chi connectivity index (χ4v) is 3.22. The first kappa shape index (κ1) is 19.5. The van der Waals surface area contributed by atoms with Gasteiger partial charge in [-0.1, -0.05) is 45.4 Å². The van der Waals surface area contributed by atoms with E-state index in [4.69, 9.17) is 0 Å². The number of rotatable bonds is 8. The van der Waals surface area contributed by atoms with Crippen LogP contribution >= 0.6 is 0 Å². The Bertz CT molecular complexity index is 626. The maximum absolute atomic E-state index is 12.4. The average Bonchev–Trinajstić information content (AvgIpc) is 2.48. The molecule has 130 valence electrons. The van der Waals surface area contributed by atoms with Crippen LogP contribution in [0.15, 0.2) is 24.3 Å². The zero-order valence-electron chi connectivity index (χ0n) is 14.7. The first-order valence-corrected chi connectivity index (χ1v) is 9.83. The van der Waals surface area contributed by atoms with Gasteiger partial charge in [0.25, 0.3) is 0 Å². The van der Waals surface area contributed by atoms with Gasteiger partial charge in [0.05, 0.1) is 11.9 Å². The van der Waals surface area contributed by atoms with E-state index in [1.54, 1.807) is 24.1 Å². The van der Waals surface area contributed by atoms with Gasteiger partial charge < -0.3 is 4.90 Å². The van der Waals surface area contributed by atoms with Gasteiger partial charge in [-0.15, -0.1) is 0 Å². The molecule has 1 rings (SSSR count). The minimum absolute atomic E-state index is 0.164. The van der Waals surface area contributed by atoms with E-state index in [-0.39, 0.29) is 18.4 Å². The number of nitrogens with zero attached hydrogens (tertiary/aromatic N) is 2. The highest BCUT2D eigenvalue weighted by Gasteiger charge is 2.25. The second-order valence-electron chi connectivity index (χ2n) is 6.15. The van der Waals surface area contributed by atoms with Gasteiger partial charge >= 0.3 is 0 Å². The lowest BCUT2D eigenvalue weighted by molar-refractivity contribution is -0.128. The number of carbonyl (C=O) groups is 1. The highest BCUT2D eigenvalue weighted by molar-refractivity contribution is 7.92. The number of amides is 1. The molecule has 0 aliphatic rings. The normalized spacial score (nSPS) is 11.6. The predicted molar refractivity (Wildman–Crippen MR) is 95.3 cm³/mol. The molecule has 0 saturated carbocycles. The summed E-state index contributed by atoms with van der Waals surface area (Å²) in [6, 6.07) is 7.35. The third kappa shape index (κ3) is 5.53. The molecule has 6 heteroatoms. The summed E-state index contributed by atoms with van der Waals surface area (Å²) >= 11 is 0. The molecule has 0 aliphatic heterocycles. The summed E-state index contributed by atoms with van der Waals surface area (Å²) in [5.74, 6) is -0.0224. The summed E-state index contributed by atoms with van der Waals surface area (Å²) in [5.41, 5.74) is 1.50. The number of sulfonamides is 1. The van der Waals surface area contributed by atoms with Crippen molar-refractivity contribution >= 4 is 21.6 Å². The smallest absolute Gasteiger partial charge is 0.243 e. The molecule has 0 fully saturated rings. The molecule has 5 nitrogen and oxygen atoms in total. The summed E-state index contributed by atoms with van der Waals surface area (Å²) in [6.45, 7) is 6.55. The fourth-order valence-electron chi connectivity index (χ4n) is 2.35. The monoisotopic (exact) mass is 340 g/mol. The molecular weight excluding hydrogens is 312 g/mol. The van der Waals surface area contributed by atoms with Crippen molar-refractivity contribution in [1.29, 1.82) is 0 Å². The minimum atomic E-state index is -3.54. The minimum Gasteiger partial charge on any atom is -0.344 e. The average molecular weight is 340 g/mol. The van der Waals surface area contributed by atoms with E-state index >= 15 is 0 Å². The van der Waals surface area contributed by atoms with Crippen LogP contribution < -0.4 is 4.31 Å². The molecule has 0 aromatic heterocycles. The van der Waals surface area contributed by atoms with E-state index in [1.807, 2.05) is 26.0 Å². The Hall–Kier alpha value is -1.56. The lowest BCUT2D eigenvalue weighted by atomic mass is 10.0. The lowest BCUT2D eigenvalue weighted by Gasteiger charge is -2.27. The number of hydrogen-bond donors (Lipinski definition) is 0. The number of para-hydroxylation sites is 1. The molecule has 0 spiro atoms. The first-order valence-electron chi connectivity index (χ1n) is 7.99. The van der Waals surface area contributed by atoms with Crippen LogP contribution in [-0.2, 0) is 14.8 Å². The SMILES string of the molecule is CCCCN(C)C(=O)CN(c1ccccc1C(C)C)S(C)(=O)=O. The standard InChI is InChI=1S/C17H28N2O3S/c1-6-7-12-18(4)17(20)13-19(23(5,21)22)16-11-9-8-10-15(16)14(2)3/h8-11,14H,6-7,12-13H2,1-5H3. The Labute approximate surface area is 140 Å². The van der Waals surface area contributed by atoms with Crippen LogP contribution in [0.25, 0.3) is 0 Å². The van der Waals surface area contributed by atoms with E-state index in [9.17, 15) is 13.2 Å². The van der Waals surface area contributed by atoms with Crippen molar-refractivity contribution in [2.45, 2.75) is 39.5 Å². The maximum atomic E-state index is 12.4. The summed E-state index contributed by atoms with van der Waals surface area (Å²) in [6.07, 6.45) is 3.04. The third-order valence-electron chi connectivity index (χ3n) is 3.78. The van der Waals surface area contributed by atoms with Crippen LogP contribution in [-0.4, -0.2) is 45.6 Å². The largest absolute Gasteiger partial charge is 0.344 e. The second kappa shape index (κ2) is 8.34. The predicted octanol–water partition coefficient (Wildman–Crippen LogP) is 2.83. The first-order chi connectivity index (χ1) is 10.7. The van der Waals surface area contributed by atoms with E-state index in [2.05, 4.69) is 6.92 Å². The highest BCUT2D eigenvalue weighted by atomic mass is 32.2. The zero-order chi connectivity index (χ0) is 17.6. The maximum Gasteiger partial charge on any atom is 0.243 e. The Balaban J connectivity index is 3.11. The molecule has 0 saturated heterocycles. The van der Waals surface area contributed by atoms with Crippen molar-refractivity contribution in [3.63, 3.8) is 0 Å². The molecule has 0 aliphatic carbocycles. The number of unbranched alkanes of at least 4 members (excludes halogenated alkanes) is 1. The van der Waals surface area contributed by atoms with Crippen molar-refractivity contribution in [2.75, 3.05) is 30.7 Å². The van der Waals surface area contributed by atoms with E-state index in [0.29, 0.717) is 12.2 Å². The molecular formula is C17H28N2O3S. The Morgan fingerprint density at radius 1 is 1.22 bits per heavy atom.